The normalized spacial score (nSPS) is 25.4. The highest BCUT2D eigenvalue weighted by Gasteiger charge is 2.64. The van der Waals surface area contributed by atoms with E-state index in [-0.39, 0.29) is 43.4 Å². The van der Waals surface area contributed by atoms with Gasteiger partial charge in [-0.3, -0.25) is 34.7 Å². The second-order valence-corrected chi connectivity index (χ2v) is 21.0. The topological polar surface area (TPSA) is 304 Å². The second kappa shape index (κ2) is 27.2. The number of anilines is 1. The molecule has 2 saturated heterocycles. The van der Waals surface area contributed by atoms with Crippen molar-refractivity contribution in [2.75, 3.05) is 66.9 Å². The van der Waals surface area contributed by atoms with E-state index in [9.17, 15) is 48.9 Å². The van der Waals surface area contributed by atoms with Crippen molar-refractivity contribution in [3.05, 3.63) is 82.5 Å². The highest BCUT2D eigenvalue weighted by atomic mass is 35.5. The molecule has 0 unspecified atom stereocenters. The van der Waals surface area contributed by atoms with Crippen LogP contribution in [-0.2, 0) is 67.2 Å². The molecule has 2 fully saturated rings. The van der Waals surface area contributed by atoms with Gasteiger partial charge in [0.05, 0.1) is 31.9 Å². The molecule has 0 saturated carbocycles. The van der Waals surface area contributed by atoms with Crippen molar-refractivity contribution in [3.63, 3.8) is 0 Å². The summed E-state index contributed by atoms with van der Waals surface area (Å²) >= 11 is 6.80. The first-order chi connectivity index (χ1) is 37.8. The summed E-state index contributed by atoms with van der Waals surface area (Å²) in [6.45, 7) is 7.16. The lowest BCUT2D eigenvalue weighted by atomic mass is 9.83. The number of benzene rings is 2. The van der Waals surface area contributed by atoms with Crippen molar-refractivity contribution >= 4 is 69.8 Å². The highest BCUT2D eigenvalue weighted by Crippen LogP contribution is 2.49. The van der Waals surface area contributed by atoms with Gasteiger partial charge in [-0.05, 0) is 69.5 Å². The van der Waals surface area contributed by atoms with E-state index in [2.05, 4.69) is 37.3 Å². The Bertz CT molecular complexity index is 2830. The molecule has 4 bridgehead atoms. The third-order valence-corrected chi connectivity index (χ3v) is 15.4. The van der Waals surface area contributed by atoms with Gasteiger partial charge in [0, 0.05) is 90.8 Å². The smallest absolute Gasteiger partial charge is 0.409 e. The quantitative estimate of drug-likeness (QED) is 0.0345. The van der Waals surface area contributed by atoms with E-state index < -0.39 is 108 Å². The number of aliphatic hydroxyl groups is 3. The molecule has 25 heteroatoms. The van der Waals surface area contributed by atoms with E-state index in [1.807, 2.05) is 56.4 Å². The number of methoxy groups -OCH3 is 2. The summed E-state index contributed by atoms with van der Waals surface area (Å²) in [6, 6.07) is 12.1. The number of epoxide rings is 1. The molecule has 0 spiro atoms. The molecule has 438 valence electrons. The number of esters is 1. The molecule has 2 aromatic carbocycles. The summed E-state index contributed by atoms with van der Waals surface area (Å²) in [7, 11) is 9.40. The number of nitrogens with one attached hydrogen (secondary N) is 5. The Balaban J connectivity index is 1.04. The minimum Gasteiger partial charge on any atom is -0.495 e. The van der Waals surface area contributed by atoms with Crippen molar-refractivity contribution in [1.29, 1.82) is 0 Å². The molecule has 3 aliphatic rings. The first kappa shape index (κ1) is 62.6. The average molecular weight is 1140 g/mol. The number of hydrogen-bond donors (Lipinski definition) is 8. The Hall–Kier alpha value is -6.64. The molecule has 80 heavy (non-hydrogen) atoms. The first-order valence-electron chi connectivity index (χ1n) is 26.3. The van der Waals surface area contributed by atoms with Gasteiger partial charge in [-0.25, -0.2) is 14.6 Å². The van der Waals surface area contributed by atoms with Gasteiger partial charge in [0.15, 0.2) is 17.9 Å². The summed E-state index contributed by atoms with van der Waals surface area (Å²) in [6.07, 6.45) is -4.67. The predicted molar refractivity (Wildman–Crippen MR) is 294 cm³/mol. The molecule has 0 radical (unpaired) electrons. The SMILES string of the molecule is CNN(C)Cc1cc2ccccc2n1CCC(=O)NCCNC(=O)[C@@H](O)[C@@H](O)C(=O)NCCC(=O)N(C)[C@@H](C)C(=O)O[C@H]1CC(=O)N(C)c2cc(cc(OC)c2Cl)C/C(C)=C/C=C/[C@@H](OC)[C@@]2(O)C[C@H](OC(=O)N2)[C@@H](C)[C@@H]2O[C@@]12C. The maximum Gasteiger partial charge on any atom is 0.409 e. The van der Waals surface area contributed by atoms with Crippen LogP contribution in [-0.4, -0.2) is 187 Å². The number of aliphatic hydroxyl groups excluding tert-OH is 2. The number of likely N-dealkylation sites (N-methyl/N-ethyl adjacent to an activating group) is 1. The standard InChI is InChI=1S/C55H76ClN9O15/c1-31-14-13-17-41(77-10)55(75)29-40(78-53(74)61-55)32(2)49-54(4,80-49)42(28-45(68)64(8)38-25-34(24-31)26-39(76-9)46(38)56)79-52(73)33(3)63(7)44(67)18-20-59-50(71)47(69)48(70)51(72)60-22-21-58-43(66)19-23-65-36(30-62(6)57-5)27-35-15-11-12-16-37(35)65/h11-17,25-27,32-33,40-42,47-49,57,69-70,75H,18-24,28-30H2,1-10H3,(H,58,66)(H,59,71)(H,60,72)(H,61,74)/b17-13+,31-14+/t32-,33+,40+,41-,42+,47-,48+,49+,54+,55+/m1/s1. The van der Waals surface area contributed by atoms with Gasteiger partial charge in [0.2, 0.25) is 17.7 Å². The monoisotopic (exact) mass is 1140 g/mol. The highest BCUT2D eigenvalue weighted by molar-refractivity contribution is 6.35. The summed E-state index contributed by atoms with van der Waals surface area (Å²) in [5.41, 5.74) is 3.71. The molecular weight excluding hydrogens is 1060 g/mol. The lowest BCUT2D eigenvalue weighted by Gasteiger charge is -2.42. The number of allylic oxidation sites excluding steroid dienone is 3. The van der Waals surface area contributed by atoms with Crippen LogP contribution in [0.1, 0.15) is 64.6 Å². The molecule has 6 rings (SSSR count). The fourth-order valence-corrected chi connectivity index (χ4v) is 10.2. The third kappa shape index (κ3) is 15.0. The van der Waals surface area contributed by atoms with Crippen LogP contribution in [0.2, 0.25) is 5.02 Å². The lowest BCUT2D eigenvalue weighted by molar-refractivity contribution is -0.162. The van der Waals surface area contributed by atoms with Crippen molar-refractivity contribution in [3.8, 4) is 5.75 Å². The van der Waals surface area contributed by atoms with E-state index in [1.165, 1.54) is 40.1 Å². The Kier molecular flexibility index (Phi) is 21.3. The molecule has 10 atom stereocenters. The molecule has 1 aromatic heterocycles. The summed E-state index contributed by atoms with van der Waals surface area (Å²) < 4.78 is 31.3. The van der Waals surface area contributed by atoms with Crippen LogP contribution in [0.25, 0.3) is 10.9 Å². The number of carbonyl (C=O) groups excluding carboxylic acids is 7. The second-order valence-electron chi connectivity index (χ2n) is 20.7. The third-order valence-electron chi connectivity index (χ3n) is 15.0. The minimum absolute atomic E-state index is 0.00166. The number of amides is 6. The zero-order chi connectivity index (χ0) is 58.8. The van der Waals surface area contributed by atoms with Gasteiger partial charge < -0.3 is 69.3 Å². The number of halogens is 1. The van der Waals surface area contributed by atoms with Crippen molar-refractivity contribution in [1.82, 2.24) is 41.2 Å². The van der Waals surface area contributed by atoms with Gasteiger partial charge >= 0.3 is 12.1 Å². The summed E-state index contributed by atoms with van der Waals surface area (Å²) in [5, 5.41) is 45.8. The van der Waals surface area contributed by atoms with Gasteiger partial charge in [0.1, 0.15) is 40.7 Å². The minimum atomic E-state index is -2.22. The van der Waals surface area contributed by atoms with Gasteiger partial charge in [0.25, 0.3) is 11.8 Å². The fourth-order valence-electron chi connectivity index (χ4n) is 9.86. The number of carbonyl (C=O) groups is 7. The number of nitrogens with zero attached hydrogens (tertiary/aromatic N) is 4. The summed E-state index contributed by atoms with van der Waals surface area (Å²) in [4.78, 5) is 95.5. The molecule has 24 nitrogen and oxygen atoms in total. The van der Waals surface area contributed by atoms with Crippen LogP contribution in [0.3, 0.4) is 0 Å². The maximum absolute atomic E-state index is 14.4. The molecule has 4 heterocycles. The number of fused-ring (bicyclic) bond motifs is 6. The molecule has 0 aliphatic carbocycles. The fraction of sp³-hybridized carbons (Fsp3) is 0.545. The zero-order valence-corrected chi connectivity index (χ0v) is 47.6. The number of para-hydroxylation sites is 1. The Morgan fingerprint density at radius 1 is 0.988 bits per heavy atom. The number of hydrogen-bond acceptors (Lipinski definition) is 17. The van der Waals surface area contributed by atoms with Gasteiger partial charge in [-0.2, -0.15) is 0 Å². The van der Waals surface area contributed by atoms with Crippen LogP contribution in [0.5, 0.6) is 5.75 Å². The van der Waals surface area contributed by atoms with Crippen LogP contribution >= 0.6 is 11.6 Å². The van der Waals surface area contributed by atoms with Gasteiger partial charge in [-0.1, -0.05) is 60.5 Å². The molecular formula is C55H76ClN9O15. The van der Waals surface area contributed by atoms with Crippen molar-refractivity contribution in [2.45, 2.75) is 127 Å². The Morgan fingerprint density at radius 2 is 1.66 bits per heavy atom. The van der Waals surface area contributed by atoms with Crippen LogP contribution in [0, 0.1) is 5.92 Å². The molecule has 6 amide bonds. The number of aryl methyl sites for hydroxylation is 1. The lowest BCUT2D eigenvalue weighted by Crippen LogP contribution is -2.63. The van der Waals surface area contributed by atoms with Crippen molar-refractivity contribution < 1.29 is 72.6 Å². The zero-order valence-electron chi connectivity index (χ0n) is 46.9. The number of rotatable bonds is 20. The summed E-state index contributed by atoms with van der Waals surface area (Å²) in [5.74, 6) is -4.97. The van der Waals surface area contributed by atoms with E-state index in [0.717, 1.165) is 32.6 Å². The number of ether oxygens (including phenoxy) is 5. The first-order valence-corrected chi connectivity index (χ1v) is 26.7. The Labute approximate surface area is 470 Å². The largest absolute Gasteiger partial charge is 0.495 e. The van der Waals surface area contributed by atoms with Crippen LogP contribution < -0.4 is 36.3 Å². The van der Waals surface area contributed by atoms with Crippen molar-refractivity contribution in [2.24, 2.45) is 5.92 Å². The maximum atomic E-state index is 14.4. The average Bonchev–Trinajstić information content (AvgIpc) is 4.18. The van der Waals surface area contributed by atoms with Gasteiger partial charge in [-0.15, -0.1) is 0 Å². The molecule has 8 N–H and O–H groups in total. The predicted octanol–water partition coefficient (Wildman–Crippen LogP) is 1.59. The van der Waals surface area contributed by atoms with E-state index in [4.69, 9.17) is 35.3 Å². The number of alkyl carbamates (subject to hydrolysis) is 1. The van der Waals surface area contributed by atoms with E-state index >= 15 is 0 Å². The number of aromatic nitrogens is 1. The number of hydrazine groups is 1. The molecule has 3 aliphatic heterocycles. The molecule has 3 aromatic rings. The van der Waals surface area contributed by atoms with Crippen LogP contribution in [0.4, 0.5) is 10.5 Å². The van der Waals surface area contributed by atoms with E-state index in [1.54, 1.807) is 38.1 Å². The van der Waals surface area contributed by atoms with Crippen LogP contribution in [0.15, 0.2) is 66.3 Å². The Morgan fingerprint density at radius 3 is 2.34 bits per heavy atom. The van der Waals surface area contributed by atoms with E-state index in [0.29, 0.717) is 30.9 Å².